The Morgan fingerprint density at radius 1 is 1.14 bits per heavy atom. The van der Waals surface area contributed by atoms with Crippen molar-refractivity contribution in [2.75, 3.05) is 0 Å². The molecule has 0 bridgehead atoms. The normalized spacial score (nSPS) is 28.3. The summed E-state index contributed by atoms with van der Waals surface area (Å²) in [6.07, 6.45) is 2.19. The van der Waals surface area contributed by atoms with Crippen LogP contribution in [-0.4, -0.2) is 15.2 Å². The fourth-order valence-electron chi connectivity index (χ4n) is 3.88. The summed E-state index contributed by atoms with van der Waals surface area (Å²) in [6.45, 7) is 7.72. The van der Waals surface area contributed by atoms with E-state index in [0.29, 0.717) is 12.0 Å². The highest BCUT2D eigenvalue weighted by atomic mass is 16.7. The van der Waals surface area contributed by atoms with Crippen LogP contribution in [0.15, 0.2) is 48.7 Å². The van der Waals surface area contributed by atoms with Crippen LogP contribution in [0.1, 0.15) is 44.1 Å². The lowest BCUT2D eigenvalue weighted by Gasteiger charge is -2.30. The van der Waals surface area contributed by atoms with Crippen molar-refractivity contribution in [3.05, 3.63) is 59.9 Å². The summed E-state index contributed by atoms with van der Waals surface area (Å²) in [5, 5.41) is 2.22. The molecule has 2 aliphatic rings. The van der Waals surface area contributed by atoms with Gasteiger partial charge >= 0.3 is 0 Å². The molecule has 4 rings (SSSR count). The van der Waals surface area contributed by atoms with Gasteiger partial charge in [-0.05, 0) is 38.5 Å². The molecular weight excluding hydrogens is 260 g/mol. The van der Waals surface area contributed by atoms with Gasteiger partial charge in [0.1, 0.15) is 0 Å². The average Bonchev–Trinajstić information content (AvgIpc) is 3.11. The highest BCUT2D eigenvalue weighted by molar-refractivity contribution is 5.24. The van der Waals surface area contributed by atoms with Gasteiger partial charge in [-0.1, -0.05) is 30.3 Å². The minimum Gasteiger partial charge on any atom is -0.349 e. The molecule has 3 atom stereocenters. The van der Waals surface area contributed by atoms with Crippen molar-refractivity contribution in [1.29, 1.82) is 0 Å². The van der Waals surface area contributed by atoms with E-state index in [9.17, 15) is 0 Å². The number of nitrogens with zero attached hydrogens (tertiary/aromatic N) is 2. The third-order valence-electron chi connectivity index (χ3n) is 5.11. The van der Waals surface area contributed by atoms with Crippen molar-refractivity contribution in [1.82, 2.24) is 9.63 Å². The molecule has 1 aromatic carbocycles. The maximum absolute atomic E-state index is 6.38. The molecule has 110 valence electrons. The second kappa shape index (κ2) is 4.46. The summed E-state index contributed by atoms with van der Waals surface area (Å²) >= 11 is 0. The lowest BCUT2D eigenvalue weighted by molar-refractivity contribution is -0.219. The Morgan fingerprint density at radius 2 is 1.90 bits per heavy atom. The van der Waals surface area contributed by atoms with Crippen LogP contribution in [-0.2, 0) is 11.4 Å². The van der Waals surface area contributed by atoms with Crippen molar-refractivity contribution in [2.45, 2.75) is 45.0 Å². The van der Waals surface area contributed by atoms with Gasteiger partial charge in [0.2, 0.25) is 0 Å². The van der Waals surface area contributed by atoms with Crippen molar-refractivity contribution >= 4 is 0 Å². The van der Waals surface area contributed by atoms with Crippen molar-refractivity contribution in [2.24, 2.45) is 5.92 Å². The summed E-state index contributed by atoms with van der Waals surface area (Å²) < 4.78 is 2.38. The minimum absolute atomic E-state index is 0.118. The Kier molecular flexibility index (Phi) is 2.78. The summed E-state index contributed by atoms with van der Waals surface area (Å²) in [6, 6.07) is 15.6. The first kappa shape index (κ1) is 13.1. The predicted molar refractivity (Wildman–Crippen MR) is 82.5 cm³/mol. The second-order valence-electron chi connectivity index (χ2n) is 6.78. The third-order valence-corrected chi connectivity index (χ3v) is 5.11. The monoisotopic (exact) mass is 282 g/mol. The van der Waals surface area contributed by atoms with E-state index in [2.05, 4.69) is 79.1 Å². The van der Waals surface area contributed by atoms with Gasteiger partial charge in [0.15, 0.2) is 0 Å². The van der Waals surface area contributed by atoms with Gasteiger partial charge in [-0.25, -0.2) is 0 Å². The molecular formula is C18H22N2O. The van der Waals surface area contributed by atoms with Crippen LogP contribution in [0.2, 0.25) is 0 Å². The van der Waals surface area contributed by atoms with E-state index in [1.807, 2.05) is 0 Å². The number of aromatic nitrogens is 1. The van der Waals surface area contributed by atoms with Gasteiger partial charge in [0, 0.05) is 24.4 Å². The van der Waals surface area contributed by atoms with Crippen molar-refractivity contribution in [3.63, 3.8) is 0 Å². The van der Waals surface area contributed by atoms with Crippen molar-refractivity contribution < 1.29 is 4.84 Å². The SMILES string of the molecule is C[C@H](c1ccccc1)N1OC(C)(C)[C@@H]2Cn3cccc3[C@@H]21. The molecule has 1 saturated heterocycles. The van der Waals surface area contributed by atoms with Crippen LogP contribution in [0.25, 0.3) is 0 Å². The first-order chi connectivity index (χ1) is 10.1. The van der Waals surface area contributed by atoms with E-state index in [4.69, 9.17) is 4.84 Å². The molecule has 3 nitrogen and oxygen atoms in total. The quantitative estimate of drug-likeness (QED) is 0.830. The zero-order valence-electron chi connectivity index (χ0n) is 12.9. The maximum Gasteiger partial charge on any atom is 0.0909 e. The Hall–Kier alpha value is -1.58. The summed E-state index contributed by atoms with van der Waals surface area (Å²) in [5.74, 6) is 0.514. The van der Waals surface area contributed by atoms with Crippen LogP contribution < -0.4 is 0 Å². The van der Waals surface area contributed by atoms with Crippen LogP contribution in [0.3, 0.4) is 0 Å². The number of benzene rings is 1. The molecule has 0 amide bonds. The highest BCUT2D eigenvalue weighted by Gasteiger charge is 2.54. The smallest absolute Gasteiger partial charge is 0.0909 e. The number of hydrogen-bond acceptors (Lipinski definition) is 2. The molecule has 0 saturated carbocycles. The van der Waals surface area contributed by atoms with Gasteiger partial charge in [0.05, 0.1) is 17.7 Å². The summed E-state index contributed by atoms with van der Waals surface area (Å²) in [7, 11) is 0. The fraction of sp³-hybridized carbons (Fsp3) is 0.444. The maximum atomic E-state index is 6.38. The Bertz CT molecular complexity index is 646. The van der Waals surface area contributed by atoms with E-state index < -0.39 is 0 Å². The molecule has 0 aliphatic carbocycles. The van der Waals surface area contributed by atoms with Crippen LogP contribution in [0, 0.1) is 5.92 Å². The minimum atomic E-state index is -0.118. The molecule has 3 heteroatoms. The van der Waals surface area contributed by atoms with Gasteiger partial charge in [-0.2, -0.15) is 5.06 Å². The zero-order chi connectivity index (χ0) is 14.6. The van der Waals surface area contributed by atoms with Crippen molar-refractivity contribution in [3.8, 4) is 0 Å². The lowest BCUT2D eigenvalue weighted by Crippen LogP contribution is -2.31. The highest BCUT2D eigenvalue weighted by Crippen LogP contribution is 2.52. The molecule has 1 aromatic heterocycles. The largest absolute Gasteiger partial charge is 0.349 e. The third kappa shape index (κ3) is 1.88. The Labute approximate surface area is 126 Å². The van der Waals surface area contributed by atoms with Gasteiger partial charge in [-0.15, -0.1) is 0 Å². The molecule has 0 unspecified atom stereocenters. The van der Waals surface area contributed by atoms with Gasteiger partial charge < -0.3 is 4.57 Å². The average molecular weight is 282 g/mol. The standard InChI is InChI=1S/C18H22N2O/c1-13(14-8-5-4-6-9-14)20-17-15(18(2,3)21-20)12-19-11-7-10-16(17)19/h4-11,13,15,17H,12H2,1-3H3/t13-,15-,17-/m1/s1. The molecule has 0 radical (unpaired) electrons. The van der Waals surface area contributed by atoms with Gasteiger partial charge in [-0.3, -0.25) is 4.84 Å². The molecule has 21 heavy (non-hydrogen) atoms. The molecule has 3 heterocycles. The van der Waals surface area contributed by atoms with E-state index in [1.54, 1.807) is 0 Å². The Morgan fingerprint density at radius 3 is 2.67 bits per heavy atom. The van der Waals surface area contributed by atoms with E-state index >= 15 is 0 Å². The summed E-state index contributed by atoms with van der Waals surface area (Å²) in [4.78, 5) is 6.38. The molecule has 0 spiro atoms. The van der Waals surface area contributed by atoms with Crippen LogP contribution in [0.4, 0.5) is 0 Å². The Balaban J connectivity index is 1.73. The van der Waals surface area contributed by atoms with Crippen LogP contribution >= 0.6 is 0 Å². The zero-order valence-corrected chi connectivity index (χ0v) is 12.9. The predicted octanol–water partition coefficient (Wildman–Crippen LogP) is 3.95. The van der Waals surface area contributed by atoms with E-state index in [0.717, 1.165) is 6.54 Å². The lowest BCUT2D eigenvalue weighted by atomic mass is 9.86. The molecule has 0 N–H and O–H groups in total. The second-order valence-corrected chi connectivity index (χ2v) is 6.78. The first-order valence-corrected chi connectivity index (χ1v) is 7.75. The number of fused-ring (bicyclic) bond motifs is 3. The fourth-order valence-corrected chi connectivity index (χ4v) is 3.88. The first-order valence-electron chi connectivity index (χ1n) is 7.75. The molecule has 2 aliphatic heterocycles. The number of rotatable bonds is 2. The molecule has 1 fully saturated rings. The van der Waals surface area contributed by atoms with Gasteiger partial charge in [0.25, 0.3) is 0 Å². The van der Waals surface area contributed by atoms with E-state index in [1.165, 1.54) is 11.3 Å². The topological polar surface area (TPSA) is 17.4 Å². The van der Waals surface area contributed by atoms with E-state index in [-0.39, 0.29) is 11.6 Å². The summed E-state index contributed by atoms with van der Waals surface area (Å²) in [5.41, 5.74) is 2.57. The van der Waals surface area contributed by atoms with Crippen LogP contribution in [0.5, 0.6) is 0 Å². The number of hydrogen-bond donors (Lipinski definition) is 0. The number of hydroxylamine groups is 2. The molecule has 2 aromatic rings.